The highest BCUT2D eigenvalue weighted by Gasteiger charge is 2.20. The molecular formula is C8H24N2O6. The summed E-state index contributed by atoms with van der Waals surface area (Å²) in [4.78, 5) is 0. The number of hydrogen-bond donors (Lipinski definition) is 7. The van der Waals surface area contributed by atoms with Gasteiger partial charge in [0.05, 0.1) is 25.4 Å². The van der Waals surface area contributed by atoms with Crippen molar-refractivity contribution in [3.8, 4) is 0 Å². The number of aliphatic hydroxyl groups is 5. The highest BCUT2D eigenvalue weighted by atomic mass is 16.7. The van der Waals surface area contributed by atoms with E-state index in [-0.39, 0.29) is 6.15 Å². The standard InChI is InChI=1S/C4H11NO3.C4H10O3.H3N/c5-4(1-6,2-7)3-8;1-3(5)7-4(2)6;/h6-8H,1-3,5H2;3-6H,1-2H3;1H3. The number of nitrogens with two attached hydrogens (primary N) is 1. The fourth-order valence-electron chi connectivity index (χ4n) is 0.435. The van der Waals surface area contributed by atoms with Crippen LogP contribution < -0.4 is 11.9 Å². The zero-order chi connectivity index (χ0) is 12.5. The molecule has 0 rings (SSSR count). The van der Waals surface area contributed by atoms with Crippen LogP contribution >= 0.6 is 0 Å². The summed E-state index contributed by atoms with van der Waals surface area (Å²) < 4.78 is 4.36. The van der Waals surface area contributed by atoms with E-state index in [0.29, 0.717) is 0 Å². The summed E-state index contributed by atoms with van der Waals surface area (Å²) >= 11 is 0. The average Bonchev–Trinajstić information content (AvgIpc) is 2.15. The Morgan fingerprint density at radius 2 is 1.25 bits per heavy atom. The first kappa shape index (κ1) is 21.0. The molecule has 0 aliphatic rings. The van der Waals surface area contributed by atoms with Gasteiger partial charge in [-0.05, 0) is 13.8 Å². The molecule has 8 heteroatoms. The van der Waals surface area contributed by atoms with Crippen LogP contribution in [0.3, 0.4) is 0 Å². The molecule has 0 aliphatic heterocycles. The Labute approximate surface area is 94.9 Å². The van der Waals surface area contributed by atoms with E-state index in [1.807, 2.05) is 0 Å². The molecule has 10 N–H and O–H groups in total. The molecule has 0 aromatic heterocycles. The fourth-order valence-corrected chi connectivity index (χ4v) is 0.435. The van der Waals surface area contributed by atoms with Gasteiger partial charge in [0.1, 0.15) is 0 Å². The van der Waals surface area contributed by atoms with Crippen molar-refractivity contribution >= 4 is 0 Å². The molecule has 0 saturated carbocycles. The molecule has 0 radical (unpaired) electrons. The third-order valence-corrected chi connectivity index (χ3v) is 1.34. The summed E-state index contributed by atoms with van der Waals surface area (Å²) in [6.07, 6.45) is -1.75. The number of aliphatic hydroxyl groups excluding tert-OH is 5. The van der Waals surface area contributed by atoms with Crippen molar-refractivity contribution in [1.82, 2.24) is 6.15 Å². The van der Waals surface area contributed by atoms with Gasteiger partial charge < -0.3 is 42.2 Å². The predicted octanol–water partition coefficient (Wildman–Crippen LogP) is -2.50. The smallest absolute Gasteiger partial charge is 0.154 e. The van der Waals surface area contributed by atoms with Crippen molar-refractivity contribution in [2.45, 2.75) is 32.0 Å². The van der Waals surface area contributed by atoms with Crippen LogP contribution in [0.2, 0.25) is 0 Å². The highest BCUT2D eigenvalue weighted by Crippen LogP contribution is 1.93. The molecular weight excluding hydrogens is 220 g/mol. The van der Waals surface area contributed by atoms with Gasteiger partial charge in [-0.25, -0.2) is 0 Å². The van der Waals surface area contributed by atoms with Crippen LogP contribution in [0, 0.1) is 0 Å². The van der Waals surface area contributed by atoms with Gasteiger partial charge in [0.2, 0.25) is 0 Å². The Morgan fingerprint density at radius 3 is 1.25 bits per heavy atom. The molecule has 0 bridgehead atoms. The molecule has 0 aromatic carbocycles. The van der Waals surface area contributed by atoms with E-state index in [9.17, 15) is 0 Å². The van der Waals surface area contributed by atoms with Crippen LogP contribution in [0.4, 0.5) is 0 Å². The van der Waals surface area contributed by atoms with E-state index in [1.165, 1.54) is 13.8 Å². The van der Waals surface area contributed by atoms with Crippen LogP contribution in [-0.4, -0.2) is 63.5 Å². The Balaban J connectivity index is -0.000000200. The van der Waals surface area contributed by atoms with Crippen molar-refractivity contribution < 1.29 is 30.3 Å². The lowest BCUT2D eigenvalue weighted by atomic mass is 10.1. The van der Waals surface area contributed by atoms with Crippen LogP contribution in [0.25, 0.3) is 0 Å². The molecule has 16 heavy (non-hydrogen) atoms. The van der Waals surface area contributed by atoms with E-state index in [0.717, 1.165) is 0 Å². The van der Waals surface area contributed by atoms with Gasteiger partial charge >= 0.3 is 0 Å². The summed E-state index contributed by atoms with van der Waals surface area (Å²) in [6.45, 7) is 1.67. The van der Waals surface area contributed by atoms with Crippen LogP contribution in [0.1, 0.15) is 13.8 Å². The monoisotopic (exact) mass is 244 g/mol. The fraction of sp³-hybridized carbons (Fsp3) is 1.00. The van der Waals surface area contributed by atoms with Gasteiger partial charge in [0.15, 0.2) is 12.6 Å². The second kappa shape index (κ2) is 11.2. The molecule has 2 atom stereocenters. The second-order valence-electron chi connectivity index (χ2n) is 3.17. The summed E-state index contributed by atoms with van der Waals surface area (Å²) in [7, 11) is 0. The predicted molar refractivity (Wildman–Crippen MR) is 57.6 cm³/mol. The molecule has 0 spiro atoms. The molecule has 102 valence electrons. The van der Waals surface area contributed by atoms with Gasteiger partial charge in [-0.15, -0.1) is 0 Å². The number of rotatable bonds is 5. The van der Waals surface area contributed by atoms with Gasteiger partial charge in [-0.2, -0.15) is 0 Å². The first-order valence-corrected chi connectivity index (χ1v) is 4.44. The van der Waals surface area contributed by atoms with Crippen molar-refractivity contribution in [2.75, 3.05) is 19.8 Å². The molecule has 0 aliphatic carbocycles. The van der Waals surface area contributed by atoms with Crippen molar-refractivity contribution in [3.63, 3.8) is 0 Å². The van der Waals surface area contributed by atoms with Gasteiger partial charge in [-0.1, -0.05) is 0 Å². The summed E-state index contributed by atoms with van der Waals surface area (Å²) in [5.74, 6) is 0. The van der Waals surface area contributed by atoms with E-state index in [1.54, 1.807) is 0 Å². The van der Waals surface area contributed by atoms with Crippen molar-refractivity contribution in [1.29, 1.82) is 0 Å². The molecule has 0 aromatic rings. The first-order chi connectivity index (χ1) is 6.81. The molecule has 0 saturated heterocycles. The zero-order valence-corrected chi connectivity index (χ0v) is 9.70. The highest BCUT2D eigenvalue weighted by molar-refractivity contribution is 4.80. The minimum absolute atomic E-state index is 0. The van der Waals surface area contributed by atoms with Crippen molar-refractivity contribution in [3.05, 3.63) is 0 Å². The third kappa shape index (κ3) is 13.7. The van der Waals surface area contributed by atoms with Crippen molar-refractivity contribution in [2.24, 2.45) is 5.73 Å². The minimum atomic E-state index is -1.21. The van der Waals surface area contributed by atoms with Crippen LogP contribution in [-0.2, 0) is 4.74 Å². The average molecular weight is 244 g/mol. The van der Waals surface area contributed by atoms with Crippen LogP contribution in [0.5, 0.6) is 0 Å². The topological polar surface area (TPSA) is 171 Å². The summed E-state index contributed by atoms with van der Waals surface area (Å²) in [6, 6.07) is 0. The van der Waals surface area contributed by atoms with Crippen LogP contribution in [0.15, 0.2) is 0 Å². The quantitative estimate of drug-likeness (QED) is 0.260. The molecule has 0 fully saturated rings. The number of hydrogen-bond acceptors (Lipinski definition) is 8. The number of ether oxygens (including phenoxy) is 1. The van der Waals surface area contributed by atoms with E-state index in [4.69, 9.17) is 31.3 Å². The Kier molecular flexibility index (Phi) is 14.7. The van der Waals surface area contributed by atoms with E-state index >= 15 is 0 Å². The van der Waals surface area contributed by atoms with Gasteiger partial charge in [-0.3, -0.25) is 0 Å². The lowest BCUT2D eigenvalue weighted by molar-refractivity contribution is -0.190. The third-order valence-electron chi connectivity index (χ3n) is 1.34. The maximum atomic E-state index is 8.34. The first-order valence-electron chi connectivity index (χ1n) is 4.44. The molecule has 8 nitrogen and oxygen atoms in total. The zero-order valence-electron chi connectivity index (χ0n) is 9.70. The maximum Gasteiger partial charge on any atom is 0.154 e. The Morgan fingerprint density at radius 1 is 1.00 bits per heavy atom. The maximum absolute atomic E-state index is 8.34. The lowest BCUT2D eigenvalue weighted by Crippen LogP contribution is -2.50. The Hall–Kier alpha value is -0.320. The van der Waals surface area contributed by atoms with Gasteiger partial charge in [0.25, 0.3) is 0 Å². The summed E-state index contributed by atoms with van der Waals surface area (Å²) in [5.41, 5.74) is 3.94. The normalized spacial score (nSPS) is 14.2. The van der Waals surface area contributed by atoms with E-state index in [2.05, 4.69) is 4.74 Å². The minimum Gasteiger partial charge on any atom is -0.394 e. The molecule has 0 heterocycles. The lowest BCUT2D eigenvalue weighted by Gasteiger charge is -2.20. The van der Waals surface area contributed by atoms with Gasteiger partial charge in [0, 0.05) is 0 Å². The largest absolute Gasteiger partial charge is 0.394 e. The second-order valence-corrected chi connectivity index (χ2v) is 3.17. The van der Waals surface area contributed by atoms with E-state index < -0.39 is 37.9 Å². The Bertz CT molecular complexity index is 126. The SMILES string of the molecule is CC(O)OC(C)O.N.NC(CO)(CO)CO. The molecule has 0 amide bonds. The molecule has 2 unspecified atom stereocenters. The summed E-state index contributed by atoms with van der Waals surface area (Å²) in [5, 5.41) is 41.7.